The molecule has 0 atom stereocenters. The first kappa shape index (κ1) is 16.6. The average molecular weight is 304 g/mol. The highest BCUT2D eigenvalue weighted by molar-refractivity contribution is 6.42. The van der Waals surface area contributed by atoms with Crippen molar-refractivity contribution in [3.63, 3.8) is 0 Å². The number of nitrogens with two attached hydrogens (primary N) is 1. The van der Waals surface area contributed by atoms with Gasteiger partial charge in [0.2, 0.25) is 5.78 Å². The molecule has 1 heterocycles. The lowest BCUT2D eigenvalue weighted by atomic mass is 10.1. The third kappa shape index (κ3) is 4.60. The number of primary amides is 1. The van der Waals surface area contributed by atoms with Gasteiger partial charge in [-0.15, -0.1) is 0 Å². The van der Waals surface area contributed by atoms with Crippen LogP contribution in [0.1, 0.15) is 20.8 Å². The zero-order valence-corrected chi connectivity index (χ0v) is 11.1. The summed E-state index contributed by atoms with van der Waals surface area (Å²) in [7, 11) is 0. The average Bonchev–Trinajstić information content (AvgIpc) is 2.50. The molecule has 2 aromatic rings. The molecule has 0 saturated carbocycles. The van der Waals surface area contributed by atoms with E-state index in [1.54, 1.807) is 12.1 Å². The van der Waals surface area contributed by atoms with Gasteiger partial charge in [0.25, 0.3) is 5.91 Å². The summed E-state index contributed by atoms with van der Waals surface area (Å²) in [6.07, 6.45) is 1.45. The van der Waals surface area contributed by atoms with Crippen LogP contribution in [-0.4, -0.2) is 38.0 Å². The van der Waals surface area contributed by atoms with Crippen molar-refractivity contribution >= 4 is 17.7 Å². The molecule has 5 N–H and O–H groups in total. The molecule has 0 aliphatic rings. The van der Waals surface area contributed by atoms with E-state index in [2.05, 4.69) is 4.98 Å². The summed E-state index contributed by atoms with van der Waals surface area (Å²) in [6.45, 7) is 0. The van der Waals surface area contributed by atoms with E-state index in [1.165, 1.54) is 18.3 Å². The third-order valence-electron chi connectivity index (χ3n) is 2.35. The zero-order valence-electron chi connectivity index (χ0n) is 11.1. The Kier molecular flexibility index (Phi) is 5.58. The number of pyridine rings is 1. The van der Waals surface area contributed by atoms with Crippen LogP contribution >= 0.6 is 0 Å². The predicted molar refractivity (Wildman–Crippen MR) is 74.5 cm³/mol. The van der Waals surface area contributed by atoms with Crippen LogP contribution in [-0.2, 0) is 4.79 Å². The Morgan fingerprint density at radius 1 is 1.00 bits per heavy atom. The molecule has 0 radical (unpaired) electrons. The van der Waals surface area contributed by atoms with Gasteiger partial charge in [-0.2, -0.15) is 0 Å². The maximum Gasteiger partial charge on any atom is 0.354 e. The first-order chi connectivity index (χ1) is 10.3. The molecule has 8 heteroatoms. The van der Waals surface area contributed by atoms with Crippen molar-refractivity contribution in [3.8, 4) is 11.5 Å². The Morgan fingerprint density at radius 3 is 2.09 bits per heavy atom. The van der Waals surface area contributed by atoms with Gasteiger partial charge in [0.1, 0.15) is 5.69 Å². The highest BCUT2D eigenvalue weighted by atomic mass is 16.4. The highest BCUT2D eigenvalue weighted by Gasteiger charge is 2.13. The molecule has 0 saturated heterocycles. The maximum atomic E-state index is 10.9. The zero-order chi connectivity index (χ0) is 16.7. The number of phenols is 2. The third-order valence-corrected chi connectivity index (χ3v) is 2.35. The van der Waals surface area contributed by atoms with Crippen LogP contribution < -0.4 is 5.73 Å². The van der Waals surface area contributed by atoms with E-state index in [0.717, 1.165) is 12.1 Å². The van der Waals surface area contributed by atoms with Crippen LogP contribution in [0.5, 0.6) is 11.5 Å². The number of aromatic nitrogens is 1. The van der Waals surface area contributed by atoms with Gasteiger partial charge in [-0.05, 0) is 30.3 Å². The van der Waals surface area contributed by atoms with Gasteiger partial charge in [0.05, 0.1) is 0 Å². The number of Topliss-reactive ketones (excluding diaryl/α,β-unsaturated/α-hetero) is 1. The SMILES string of the molecule is NC(=O)C(=O)c1ccc(O)c(O)c1.O=C(O)c1ccccn1. The molecular formula is C14H12N2O6. The number of carboxylic acids is 1. The number of rotatable bonds is 3. The molecule has 0 unspecified atom stereocenters. The molecular weight excluding hydrogens is 292 g/mol. The van der Waals surface area contributed by atoms with Gasteiger partial charge in [0.15, 0.2) is 11.5 Å². The van der Waals surface area contributed by atoms with Crippen LogP contribution in [0.25, 0.3) is 0 Å². The van der Waals surface area contributed by atoms with Gasteiger partial charge in [-0.3, -0.25) is 9.59 Å². The van der Waals surface area contributed by atoms with E-state index in [4.69, 9.17) is 21.1 Å². The lowest BCUT2D eigenvalue weighted by Crippen LogP contribution is -2.22. The van der Waals surface area contributed by atoms with E-state index < -0.39 is 23.4 Å². The Bertz CT molecular complexity index is 700. The van der Waals surface area contributed by atoms with Crippen molar-refractivity contribution < 1.29 is 29.7 Å². The molecule has 0 spiro atoms. The number of carbonyl (C=O) groups excluding carboxylic acids is 2. The Morgan fingerprint density at radius 2 is 1.68 bits per heavy atom. The molecule has 22 heavy (non-hydrogen) atoms. The van der Waals surface area contributed by atoms with Crippen LogP contribution in [0.4, 0.5) is 0 Å². The molecule has 0 aliphatic heterocycles. The van der Waals surface area contributed by atoms with Crippen molar-refractivity contribution in [1.29, 1.82) is 0 Å². The number of ketones is 1. The van der Waals surface area contributed by atoms with Gasteiger partial charge in [-0.1, -0.05) is 6.07 Å². The van der Waals surface area contributed by atoms with Gasteiger partial charge >= 0.3 is 5.97 Å². The van der Waals surface area contributed by atoms with Gasteiger partial charge < -0.3 is 21.1 Å². The number of carbonyl (C=O) groups is 3. The smallest absolute Gasteiger partial charge is 0.354 e. The monoisotopic (exact) mass is 304 g/mol. The Hall–Kier alpha value is -3.42. The van der Waals surface area contributed by atoms with Crippen molar-refractivity contribution in [2.24, 2.45) is 5.73 Å². The van der Waals surface area contributed by atoms with Crippen LogP contribution in [0.15, 0.2) is 42.6 Å². The van der Waals surface area contributed by atoms with Crippen molar-refractivity contribution in [2.45, 2.75) is 0 Å². The molecule has 2 rings (SSSR count). The molecule has 8 nitrogen and oxygen atoms in total. The van der Waals surface area contributed by atoms with Crippen LogP contribution in [0.3, 0.4) is 0 Å². The van der Waals surface area contributed by atoms with E-state index in [0.29, 0.717) is 0 Å². The molecule has 0 aliphatic carbocycles. The van der Waals surface area contributed by atoms with E-state index in [9.17, 15) is 14.4 Å². The number of phenolic OH excluding ortho intramolecular Hbond substituents is 2. The van der Waals surface area contributed by atoms with E-state index in [-0.39, 0.29) is 17.0 Å². The predicted octanol–water partition coefficient (Wildman–Crippen LogP) is 0.546. The number of amides is 1. The maximum absolute atomic E-state index is 10.9. The first-order valence-electron chi connectivity index (χ1n) is 5.83. The fourth-order valence-corrected chi connectivity index (χ4v) is 1.30. The second kappa shape index (κ2) is 7.39. The number of hydrogen-bond acceptors (Lipinski definition) is 6. The minimum atomic E-state index is -1.11. The largest absolute Gasteiger partial charge is 0.504 e. The van der Waals surface area contributed by atoms with Crippen LogP contribution in [0.2, 0.25) is 0 Å². The van der Waals surface area contributed by atoms with E-state index >= 15 is 0 Å². The summed E-state index contributed by atoms with van der Waals surface area (Å²) in [6, 6.07) is 8.03. The van der Waals surface area contributed by atoms with E-state index in [1.807, 2.05) is 0 Å². The quantitative estimate of drug-likeness (QED) is 0.367. The molecule has 0 bridgehead atoms. The fraction of sp³-hybridized carbons (Fsp3) is 0. The Labute approximate surface area is 124 Å². The summed E-state index contributed by atoms with van der Waals surface area (Å²) in [5.41, 5.74) is 4.75. The first-order valence-corrected chi connectivity index (χ1v) is 5.83. The molecule has 1 aromatic carbocycles. The minimum absolute atomic E-state index is 0.0530. The van der Waals surface area contributed by atoms with Gasteiger partial charge in [-0.25, -0.2) is 9.78 Å². The second-order valence-corrected chi connectivity index (χ2v) is 3.92. The second-order valence-electron chi connectivity index (χ2n) is 3.92. The lowest BCUT2D eigenvalue weighted by molar-refractivity contribution is -0.114. The molecule has 1 aromatic heterocycles. The molecule has 114 valence electrons. The number of benzene rings is 1. The normalized spacial score (nSPS) is 9.27. The summed E-state index contributed by atoms with van der Waals surface area (Å²) in [4.78, 5) is 35.1. The summed E-state index contributed by atoms with van der Waals surface area (Å²) < 4.78 is 0. The summed E-state index contributed by atoms with van der Waals surface area (Å²) in [5, 5.41) is 26.2. The van der Waals surface area contributed by atoms with Gasteiger partial charge in [0, 0.05) is 11.8 Å². The molecule has 1 amide bonds. The number of carboxylic acid groups (broad SMARTS) is 1. The summed E-state index contributed by atoms with van der Waals surface area (Å²) >= 11 is 0. The standard InChI is InChI=1S/C8H7NO4.C6H5NO2/c9-8(13)7(12)4-1-2-5(10)6(11)3-4;8-6(9)5-3-1-2-4-7-5/h1-3,10-11H,(H2,9,13);1-4H,(H,8,9). The highest BCUT2D eigenvalue weighted by Crippen LogP contribution is 2.24. The summed E-state index contributed by atoms with van der Waals surface area (Å²) in [5.74, 6) is -3.83. The number of hydrogen-bond donors (Lipinski definition) is 4. The van der Waals surface area contributed by atoms with Crippen molar-refractivity contribution in [2.75, 3.05) is 0 Å². The topological polar surface area (TPSA) is 151 Å². The van der Waals surface area contributed by atoms with Crippen molar-refractivity contribution in [3.05, 3.63) is 53.9 Å². The number of aromatic carboxylic acids is 1. The molecule has 0 fully saturated rings. The van der Waals surface area contributed by atoms with Crippen LogP contribution in [0, 0.1) is 0 Å². The number of aromatic hydroxyl groups is 2. The fourth-order valence-electron chi connectivity index (χ4n) is 1.30. The number of nitrogens with zero attached hydrogens (tertiary/aromatic N) is 1. The Balaban J connectivity index is 0.000000235. The lowest BCUT2D eigenvalue weighted by Gasteiger charge is -1.99. The minimum Gasteiger partial charge on any atom is -0.504 e. The van der Waals surface area contributed by atoms with Crippen molar-refractivity contribution in [1.82, 2.24) is 4.98 Å².